The van der Waals surface area contributed by atoms with Gasteiger partial charge >= 0.3 is 0 Å². The molecule has 1 fully saturated rings. The van der Waals surface area contributed by atoms with Gasteiger partial charge in [0.05, 0.1) is 11.4 Å². The average molecular weight is 390 g/mol. The lowest BCUT2D eigenvalue weighted by Gasteiger charge is -2.29. The molecule has 0 atom stereocenters. The Morgan fingerprint density at radius 1 is 1.19 bits per heavy atom. The van der Waals surface area contributed by atoms with E-state index in [0.717, 1.165) is 12.0 Å². The molecule has 2 aromatic carbocycles. The van der Waals surface area contributed by atoms with Crippen molar-refractivity contribution in [1.29, 1.82) is 0 Å². The number of anilines is 2. The highest BCUT2D eigenvalue weighted by Gasteiger charge is 2.27. The highest BCUT2D eigenvalue weighted by Crippen LogP contribution is 2.29. The monoisotopic (exact) mass is 390 g/mol. The minimum Gasteiger partial charge on any atom is -0.326 e. The van der Waals surface area contributed by atoms with Crippen LogP contribution in [0, 0.1) is 12.7 Å². The van der Waals surface area contributed by atoms with Gasteiger partial charge in [-0.3, -0.25) is 9.10 Å². The number of hydrogen-bond donors (Lipinski definition) is 1. The fourth-order valence-corrected chi connectivity index (χ4v) is 4.95. The summed E-state index contributed by atoms with van der Waals surface area (Å²) in [6, 6.07) is 11.6. The van der Waals surface area contributed by atoms with Gasteiger partial charge in [-0.15, -0.1) is 0 Å². The number of amides is 1. The second-order valence-corrected chi connectivity index (χ2v) is 8.75. The van der Waals surface area contributed by atoms with Crippen LogP contribution in [0.4, 0.5) is 15.8 Å². The molecule has 0 aliphatic carbocycles. The van der Waals surface area contributed by atoms with Crippen LogP contribution >= 0.6 is 0 Å². The Morgan fingerprint density at radius 3 is 2.67 bits per heavy atom. The second-order valence-electron chi connectivity index (χ2n) is 6.74. The minimum atomic E-state index is -3.27. The molecule has 0 aromatic heterocycles. The molecule has 1 saturated heterocycles. The Bertz CT molecular complexity index is 944. The summed E-state index contributed by atoms with van der Waals surface area (Å²) in [6.07, 6.45) is 2.02. The summed E-state index contributed by atoms with van der Waals surface area (Å²) in [5, 5.41) is 2.79. The standard InChI is InChI=1S/C20H23FN2O3S/c1-15-14-17(9-10-19(15)23-12-4-5-13-27(23,25)26)22-20(24)11-8-16-6-2-3-7-18(16)21/h2-3,6-7,9-10,14H,4-5,8,11-13H2,1H3,(H,22,24). The third-order valence-electron chi connectivity index (χ3n) is 4.68. The van der Waals surface area contributed by atoms with Gasteiger partial charge in [0.2, 0.25) is 15.9 Å². The molecular weight excluding hydrogens is 367 g/mol. The fourth-order valence-electron chi connectivity index (χ4n) is 3.25. The summed E-state index contributed by atoms with van der Waals surface area (Å²) < 4.78 is 39.6. The van der Waals surface area contributed by atoms with Crippen molar-refractivity contribution in [1.82, 2.24) is 0 Å². The van der Waals surface area contributed by atoms with E-state index in [1.165, 1.54) is 10.4 Å². The predicted molar refractivity (Wildman–Crippen MR) is 105 cm³/mol. The fraction of sp³-hybridized carbons (Fsp3) is 0.350. The van der Waals surface area contributed by atoms with E-state index in [9.17, 15) is 17.6 Å². The zero-order chi connectivity index (χ0) is 19.4. The van der Waals surface area contributed by atoms with Crippen molar-refractivity contribution in [2.24, 2.45) is 0 Å². The van der Waals surface area contributed by atoms with Crippen molar-refractivity contribution in [3.8, 4) is 0 Å². The third kappa shape index (κ3) is 4.66. The van der Waals surface area contributed by atoms with Gasteiger partial charge in [-0.25, -0.2) is 12.8 Å². The molecule has 1 N–H and O–H groups in total. The molecule has 0 radical (unpaired) electrons. The lowest BCUT2D eigenvalue weighted by molar-refractivity contribution is -0.116. The van der Waals surface area contributed by atoms with E-state index >= 15 is 0 Å². The zero-order valence-corrected chi connectivity index (χ0v) is 16.1. The van der Waals surface area contributed by atoms with Gasteiger partial charge < -0.3 is 5.32 Å². The van der Waals surface area contributed by atoms with Gasteiger partial charge in [-0.1, -0.05) is 18.2 Å². The number of benzene rings is 2. The average Bonchev–Trinajstić information content (AvgIpc) is 2.61. The highest BCUT2D eigenvalue weighted by molar-refractivity contribution is 7.92. The quantitative estimate of drug-likeness (QED) is 0.848. The van der Waals surface area contributed by atoms with Gasteiger partial charge in [0.15, 0.2) is 0 Å². The minimum absolute atomic E-state index is 0.168. The summed E-state index contributed by atoms with van der Waals surface area (Å²) >= 11 is 0. The van der Waals surface area contributed by atoms with Crippen LogP contribution in [0.5, 0.6) is 0 Å². The van der Waals surface area contributed by atoms with Crippen LogP contribution in [0.15, 0.2) is 42.5 Å². The number of rotatable bonds is 5. The normalized spacial score (nSPS) is 16.1. The lowest BCUT2D eigenvalue weighted by Crippen LogP contribution is -2.38. The van der Waals surface area contributed by atoms with E-state index in [0.29, 0.717) is 36.3 Å². The first-order valence-electron chi connectivity index (χ1n) is 9.01. The van der Waals surface area contributed by atoms with Gasteiger partial charge in [-0.05, 0) is 61.6 Å². The van der Waals surface area contributed by atoms with Gasteiger partial charge in [0, 0.05) is 18.7 Å². The molecule has 0 unspecified atom stereocenters. The van der Waals surface area contributed by atoms with E-state index in [1.807, 2.05) is 6.92 Å². The summed E-state index contributed by atoms with van der Waals surface area (Å²) in [5.74, 6) is -0.356. The highest BCUT2D eigenvalue weighted by atomic mass is 32.2. The summed E-state index contributed by atoms with van der Waals surface area (Å²) in [7, 11) is -3.27. The maximum absolute atomic E-state index is 13.6. The van der Waals surface area contributed by atoms with Crippen molar-refractivity contribution in [3.05, 3.63) is 59.4 Å². The molecule has 0 spiro atoms. The SMILES string of the molecule is Cc1cc(NC(=O)CCc2ccccc2F)ccc1N1CCCCS1(=O)=O. The third-order valence-corrected chi connectivity index (χ3v) is 6.53. The molecule has 144 valence electrons. The first kappa shape index (κ1) is 19.4. The number of carbonyl (C=O) groups excluding carboxylic acids is 1. The lowest BCUT2D eigenvalue weighted by atomic mass is 10.1. The van der Waals surface area contributed by atoms with Crippen LogP contribution < -0.4 is 9.62 Å². The largest absolute Gasteiger partial charge is 0.326 e. The van der Waals surface area contributed by atoms with E-state index in [-0.39, 0.29) is 23.9 Å². The van der Waals surface area contributed by atoms with Crippen molar-refractivity contribution >= 4 is 27.3 Å². The van der Waals surface area contributed by atoms with Gasteiger partial charge in [0.25, 0.3) is 0 Å². The number of nitrogens with zero attached hydrogens (tertiary/aromatic N) is 1. The number of sulfonamides is 1. The van der Waals surface area contributed by atoms with Crippen molar-refractivity contribution in [3.63, 3.8) is 0 Å². The Kier molecular flexibility index (Phi) is 5.79. The molecule has 1 aliphatic rings. The first-order valence-corrected chi connectivity index (χ1v) is 10.6. The van der Waals surface area contributed by atoms with Gasteiger partial charge in [0.1, 0.15) is 5.82 Å². The molecule has 1 amide bonds. The number of hydrogen-bond acceptors (Lipinski definition) is 3. The van der Waals surface area contributed by atoms with Crippen LogP contribution in [-0.4, -0.2) is 26.6 Å². The van der Waals surface area contributed by atoms with Crippen LogP contribution in [0.3, 0.4) is 0 Å². The van der Waals surface area contributed by atoms with E-state index < -0.39 is 10.0 Å². The number of halogens is 1. The second kappa shape index (κ2) is 8.08. The van der Waals surface area contributed by atoms with Gasteiger partial charge in [-0.2, -0.15) is 0 Å². The van der Waals surface area contributed by atoms with Crippen LogP contribution in [0.1, 0.15) is 30.4 Å². The molecule has 3 rings (SSSR count). The van der Waals surface area contributed by atoms with Crippen molar-refractivity contribution in [2.45, 2.75) is 32.6 Å². The van der Waals surface area contributed by atoms with E-state index in [4.69, 9.17) is 0 Å². The molecule has 5 nitrogen and oxygen atoms in total. The zero-order valence-electron chi connectivity index (χ0n) is 15.2. The number of aryl methyl sites for hydroxylation is 2. The maximum atomic E-state index is 13.6. The molecule has 2 aromatic rings. The molecule has 0 saturated carbocycles. The molecule has 7 heteroatoms. The molecule has 1 heterocycles. The number of nitrogens with one attached hydrogen (secondary N) is 1. The van der Waals surface area contributed by atoms with Crippen LogP contribution in [0.25, 0.3) is 0 Å². The Morgan fingerprint density at radius 2 is 1.96 bits per heavy atom. The molecule has 1 aliphatic heterocycles. The Balaban J connectivity index is 1.65. The van der Waals surface area contributed by atoms with Crippen molar-refractivity contribution < 1.29 is 17.6 Å². The van der Waals surface area contributed by atoms with Crippen molar-refractivity contribution in [2.75, 3.05) is 21.9 Å². The Labute approximate surface area is 159 Å². The summed E-state index contributed by atoms with van der Waals surface area (Å²) in [5.41, 5.74) is 2.55. The topological polar surface area (TPSA) is 66.5 Å². The Hall–Kier alpha value is -2.41. The van der Waals surface area contributed by atoms with Crippen LogP contribution in [0.2, 0.25) is 0 Å². The summed E-state index contributed by atoms with van der Waals surface area (Å²) in [4.78, 5) is 12.2. The first-order chi connectivity index (χ1) is 12.9. The smallest absolute Gasteiger partial charge is 0.235 e. The molecular formula is C20H23FN2O3S. The van der Waals surface area contributed by atoms with Crippen LogP contribution in [-0.2, 0) is 21.2 Å². The maximum Gasteiger partial charge on any atom is 0.235 e. The molecule has 0 bridgehead atoms. The predicted octanol–water partition coefficient (Wildman–Crippen LogP) is 3.64. The number of carbonyl (C=O) groups is 1. The summed E-state index contributed by atoms with van der Waals surface area (Å²) in [6.45, 7) is 2.31. The van der Waals surface area contributed by atoms with E-state index in [1.54, 1.807) is 36.4 Å². The van der Waals surface area contributed by atoms with E-state index in [2.05, 4.69) is 5.32 Å². The molecule has 27 heavy (non-hydrogen) atoms.